The fourth-order valence-electron chi connectivity index (χ4n) is 9.58. The molecule has 508 valence electrons. The van der Waals surface area contributed by atoms with E-state index in [9.17, 15) is 66.4 Å². The third-order valence-corrected chi connectivity index (χ3v) is 15.3. The van der Waals surface area contributed by atoms with Gasteiger partial charge in [-0.15, -0.1) is 0 Å². The SMILES string of the molecule is COc1ccc(CCCO[C@@H]2O[C@H](CO)[C@@H](O)[C@H](O)[C@H]2O)cc1.COc1ccc(CCO[C@@H]2O[C@H](CO)[C@@H](O)[C@H](O)[C@H]2O)cc1.COc1ccc(CO[C@@H]2OC(CO)[C@@H](O)[C@H](O)[C@H]2O)cc1.Cc1cc(CCCCO[C@@H]2O[C@H](CO)[C@@H](O)[C@H](O)[C@H]2O)ccc1O. The molecule has 4 fully saturated rings. The van der Waals surface area contributed by atoms with Crippen LogP contribution in [0.15, 0.2) is 91.0 Å². The van der Waals surface area contributed by atoms with Gasteiger partial charge in [0.15, 0.2) is 25.2 Å². The highest BCUT2D eigenvalue weighted by Crippen LogP contribution is 2.27. The van der Waals surface area contributed by atoms with Crippen molar-refractivity contribution in [2.24, 2.45) is 0 Å². The number of phenols is 1. The molecule has 1 unspecified atom stereocenters. The van der Waals surface area contributed by atoms with Crippen molar-refractivity contribution in [3.05, 3.63) is 119 Å². The summed E-state index contributed by atoms with van der Waals surface area (Å²) in [5.74, 6) is 2.56. The molecule has 4 aromatic carbocycles. The second-order valence-electron chi connectivity index (χ2n) is 21.7. The number of hydrogen-bond acceptors (Lipinski definition) is 28. The Morgan fingerprint density at radius 3 is 1.00 bits per heavy atom. The van der Waals surface area contributed by atoms with Crippen LogP contribution in [0.4, 0.5) is 0 Å². The Bertz CT molecular complexity index is 2560. The molecule has 0 aliphatic carbocycles. The van der Waals surface area contributed by atoms with E-state index in [-0.39, 0.29) is 19.0 Å². The number of rotatable bonds is 25. The average Bonchev–Trinajstić information content (AvgIpc) is 1.81. The molecule has 28 heteroatoms. The Balaban J connectivity index is 0.000000218. The van der Waals surface area contributed by atoms with Crippen molar-refractivity contribution < 1.29 is 139 Å². The van der Waals surface area contributed by atoms with Crippen molar-refractivity contribution >= 4 is 0 Å². The van der Waals surface area contributed by atoms with Crippen LogP contribution in [-0.4, -0.2) is 277 Å². The first-order valence-corrected chi connectivity index (χ1v) is 29.5. The number of aliphatic hydroxyl groups is 16. The van der Waals surface area contributed by atoms with Crippen LogP contribution in [0.25, 0.3) is 0 Å². The molecule has 0 aromatic heterocycles. The minimum Gasteiger partial charge on any atom is -0.508 e. The highest BCUT2D eigenvalue weighted by molar-refractivity contribution is 5.35. The van der Waals surface area contributed by atoms with E-state index < -0.39 is 149 Å². The lowest BCUT2D eigenvalue weighted by Gasteiger charge is -2.39. The van der Waals surface area contributed by atoms with Crippen molar-refractivity contribution in [2.75, 3.05) is 67.6 Å². The standard InChI is InChI=1S/C17H26O7.C16H24O7.C15H22O7.C14H20O7/c1-10-8-11(5-6-12(10)19)4-2-3-7-23-17-16(22)15(21)14(20)13(9-18)24-17;1-21-11-6-4-10(5-7-11)3-2-8-22-16-15(20)14(19)13(18)12(9-17)23-16;1-20-10-4-2-9(3-5-10)6-7-21-15-14(19)13(18)12(17)11(8-16)22-15;1-19-9-4-2-8(3-5-9)7-20-14-13(18)12(17)11(16)10(6-15)21-14/h5-6,8,13-22H,2-4,7,9H2,1H3;4-7,12-20H,2-3,8-9H2,1H3;2-5,11-19H,6-8H2,1H3;2-5,10-18H,6-7H2,1H3/t13-,14-,15+,16-,17-;12-,13-,14+,15-,16-;11-,12-,13+,14-,15-;10?,11-,12+,13-,14-/m1111/s1. The maximum absolute atomic E-state index is 9.85. The van der Waals surface area contributed by atoms with Crippen molar-refractivity contribution in [3.8, 4) is 23.0 Å². The first kappa shape index (κ1) is 75.8. The van der Waals surface area contributed by atoms with E-state index in [1.165, 1.54) is 0 Å². The van der Waals surface area contributed by atoms with Gasteiger partial charge in [-0.1, -0.05) is 48.5 Å². The molecule has 17 N–H and O–H groups in total. The van der Waals surface area contributed by atoms with Crippen molar-refractivity contribution in [1.29, 1.82) is 0 Å². The Kier molecular flexibility index (Phi) is 32.8. The molecule has 20 atom stereocenters. The van der Waals surface area contributed by atoms with Gasteiger partial charge in [-0.2, -0.15) is 0 Å². The molecule has 4 heterocycles. The maximum atomic E-state index is 9.85. The van der Waals surface area contributed by atoms with E-state index in [1.807, 2.05) is 67.6 Å². The molecule has 4 aliphatic heterocycles. The van der Waals surface area contributed by atoms with Gasteiger partial charge >= 0.3 is 0 Å². The van der Waals surface area contributed by atoms with Crippen LogP contribution in [0, 0.1) is 6.92 Å². The molecule has 0 saturated carbocycles. The summed E-state index contributed by atoms with van der Waals surface area (Å²) < 4.78 is 57.9. The third-order valence-electron chi connectivity index (χ3n) is 15.3. The number of hydrogen-bond donors (Lipinski definition) is 17. The molecule has 0 spiro atoms. The minimum absolute atomic E-state index is 0.146. The first-order chi connectivity index (χ1) is 43.1. The lowest BCUT2D eigenvalue weighted by molar-refractivity contribution is -0.304. The summed E-state index contributed by atoms with van der Waals surface area (Å²) in [5.41, 5.74) is 4.93. The summed E-state index contributed by atoms with van der Waals surface area (Å²) in [5, 5.41) is 163. The molecule has 0 bridgehead atoms. The highest BCUT2D eigenvalue weighted by Gasteiger charge is 2.47. The number of aromatic hydroxyl groups is 1. The Labute approximate surface area is 521 Å². The summed E-state index contributed by atoms with van der Waals surface area (Å²) in [4.78, 5) is 0. The van der Waals surface area contributed by atoms with Gasteiger partial charge in [0.2, 0.25) is 0 Å². The fraction of sp³-hybridized carbons (Fsp3) is 0.613. The van der Waals surface area contributed by atoms with Crippen LogP contribution in [0.5, 0.6) is 23.0 Å². The molecule has 0 amide bonds. The Morgan fingerprint density at radius 1 is 0.333 bits per heavy atom. The van der Waals surface area contributed by atoms with Crippen LogP contribution >= 0.6 is 0 Å². The smallest absolute Gasteiger partial charge is 0.187 e. The van der Waals surface area contributed by atoms with Gasteiger partial charge < -0.3 is 139 Å². The summed E-state index contributed by atoms with van der Waals surface area (Å²) in [7, 11) is 4.78. The number of aliphatic hydroxyl groups excluding tert-OH is 16. The normalized spacial score (nSPS) is 31.6. The molecule has 0 radical (unpaired) electrons. The molecule has 90 heavy (non-hydrogen) atoms. The van der Waals surface area contributed by atoms with E-state index in [1.54, 1.807) is 51.7 Å². The van der Waals surface area contributed by atoms with E-state index >= 15 is 0 Å². The Morgan fingerprint density at radius 2 is 0.644 bits per heavy atom. The van der Waals surface area contributed by atoms with Crippen LogP contribution < -0.4 is 14.2 Å². The minimum atomic E-state index is -1.43. The van der Waals surface area contributed by atoms with E-state index in [0.29, 0.717) is 31.8 Å². The topological polar surface area (TPSA) is 445 Å². The quantitative estimate of drug-likeness (QED) is 0.0301. The second-order valence-corrected chi connectivity index (χ2v) is 21.7. The summed E-state index contributed by atoms with van der Waals surface area (Å²) in [6.07, 6.45) is -20.4. The predicted molar refractivity (Wildman–Crippen MR) is 315 cm³/mol. The number of benzene rings is 4. The van der Waals surface area contributed by atoms with E-state index in [2.05, 4.69) is 0 Å². The van der Waals surface area contributed by atoms with Crippen molar-refractivity contribution in [3.63, 3.8) is 0 Å². The fourth-order valence-corrected chi connectivity index (χ4v) is 9.58. The van der Waals surface area contributed by atoms with Gasteiger partial charge in [0.25, 0.3) is 0 Å². The zero-order chi connectivity index (χ0) is 66.0. The average molecular weight is 1290 g/mol. The van der Waals surface area contributed by atoms with Crippen molar-refractivity contribution in [1.82, 2.24) is 0 Å². The number of phenolic OH excluding ortho intramolecular Hbond substituents is 1. The third kappa shape index (κ3) is 22.4. The monoisotopic (exact) mass is 1280 g/mol. The number of ether oxygens (including phenoxy) is 11. The number of methoxy groups -OCH3 is 3. The zero-order valence-electron chi connectivity index (χ0n) is 50.7. The summed E-state index contributed by atoms with van der Waals surface area (Å²) in [6.45, 7) is 1.01. The lowest BCUT2D eigenvalue weighted by Crippen LogP contribution is -2.59. The van der Waals surface area contributed by atoms with Crippen LogP contribution in [0.3, 0.4) is 0 Å². The number of unbranched alkanes of at least 4 members (excludes halogenated alkanes) is 1. The van der Waals surface area contributed by atoms with Crippen LogP contribution in [0.2, 0.25) is 0 Å². The Hall–Kier alpha value is -4.88. The second kappa shape index (κ2) is 39.0. The van der Waals surface area contributed by atoms with Gasteiger partial charge in [-0.05, 0) is 116 Å². The van der Waals surface area contributed by atoms with Gasteiger partial charge in [0, 0.05) is 6.61 Å². The number of aryl methyl sites for hydroxylation is 3. The highest BCUT2D eigenvalue weighted by atomic mass is 16.7. The molecule has 28 nitrogen and oxygen atoms in total. The first-order valence-electron chi connectivity index (χ1n) is 29.5. The van der Waals surface area contributed by atoms with Crippen LogP contribution in [0.1, 0.15) is 47.1 Å². The largest absolute Gasteiger partial charge is 0.508 e. The van der Waals surface area contributed by atoms with Crippen LogP contribution in [-0.2, 0) is 63.8 Å². The van der Waals surface area contributed by atoms with E-state index in [4.69, 9.17) is 72.5 Å². The van der Waals surface area contributed by atoms with Crippen molar-refractivity contribution in [2.45, 2.75) is 175 Å². The van der Waals surface area contributed by atoms with Gasteiger partial charge in [-0.3, -0.25) is 0 Å². The molecular formula is C62H92O28. The molecule has 4 saturated heterocycles. The van der Waals surface area contributed by atoms with Gasteiger partial charge in [-0.25, -0.2) is 0 Å². The molecule has 4 aliphatic rings. The lowest BCUT2D eigenvalue weighted by atomic mass is 9.99. The predicted octanol–water partition coefficient (Wildman–Crippen LogP) is -2.65. The van der Waals surface area contributed by atoms with E-state index in [0.717, 1.165) is 65.0 Å². The van der Waals surface area contributed by atoms with Gasteiger partial charge in [0.1, 0.15) is 121 Å². The zero-order valence-corrected chi connectivity index (χ0v) is 50.7. The maximum Gasteiger partial charge on any atom is 0.187 e. The molecule has 4 aromatic rings. The summed E-state index contributed by atoms with van der Waals surface area (Å²) in [6, 6.07) is 27.8. The molecule has 8 rings (SSSR count). The summed E-state index contributed by atoms with van der Waals surface area (Å²) >= 11 is 0. The molecular weight excluding hydrogens is 1190 g/mol. The van der Waals surface area contributed by atoms with Gasteiger partial charge in [0.05, 0.1) is 67.6 Å².